The van der Waals surface area contributed by atoms with Gasteiger partial charge in [-0.25, -0.2) is 9.36 Å². The predicted octanol–water partition coefficient (Wildman–Crippen LogP) is 1.72. The number of H-pyrrole nitrogens is 1. The summed E-state index contributed by atoms with van der Waals surface area (Å²) in [5, 5.41) is 10.0. The van der Waals surface area contributed by atoms with Gasteiger partial charge in [0.25, 0.3) is 5.56 Å². The highest BCUT2D eigenvalue weighted by Gasteiger charge is 2.12. The minimum Gasteiger partial charge on any atom is -0.494 e. The first-order chi connectivity index (χ1) is 9.93. The molecule has 1 unspecified atom stereocenters. The van der Waals surface area contributed by atoms with Gasteiger partial charge in [-0.05, 0) is 32.4 Å². The summed E-state index contributed by atoms with van der Waals surface area (Å²) in [7, 11) is 0. The summed E-state index contributed by atoms with van der Waals surface area (Å²) >= 11 is 0. The van der Waals surface area contributed by atoms with Crippen LogP contribution in [0.2, 0.25) is 0 Å². The van der Waals surface area contributed by atoms with Gasteiger partial charge in [0.1, 0.15) is 5.75 Å². The van der Waals surface area contributed by atoms with Crippen LogP contribution >= 0.6 is 0 Å². The molecule has 0 radical (unpaired) electrons. The van der Waals surface area contributed by atoms with Crippen LogP contribution in [0.3, 0.4) is 0 Å². The highest BCUT2D eigenvalue weighted by molar-refractivity contribution is 5.42. The first-order valence-electron chi connectivity index (χ1n) is 6.76. The monoisotopic (exact) mass is 290 g/mol. The molecule has 0 saturated heterocycles. The number of hydrogen-bond acceptors (Lipinski definition) is 4. The van der Waals surface area contributed by atoms with E-state index in [1.165, 1.54) is 6.92 Å². The van der Waals surface area contributed by atoms with E-state index in [2.05, 4.69) is 4.98 Å². The van der Waals surface area contributed by atoms with Crippen molar-refractivity contribution in [2.45, 2.75) is 33.3 Å². The van der Waals surface area contributed by atoms with E-state index in [1.807, 2.05) is 13.8 Å². The first-order valence-corrected chi connectivity index (χ1v) is 6.76. The molecule has 0 saturated carbocycles. The summed E-state index contributed by atoms with van der Waals surface area (Å²) in [4.78, 5) is 25.5. The van der Waals surface area contributed by atoms with Crippen molar-refractivity contribution in [2.24, 2.45) is 0 Å². The average molecular weight is 290 g/mol. The summed E-state index contributed by atoms with van der Waals surface area (Å²) in [5.74, 6) is 0.224. The van der Waals surface area contributed by atoms with E-state index in [1.54, 1.807) is 24.3 Å². The van der Waals surface area contributed by atoms with Gasteiger partial charge in [-0.15, -0.1) is 0 Å². The summed E-state index contributed by atoms with van der Waals surface area (Å²) < 4.78 is 6.73. The molecular weight excluding hydrogens is 272 g/mol. The number of rotatable bonds is 4. The molecule has 0 amide bonds. The number of nitrogens with zero attached hydrogens (tertiary/aromatic N) is 1. The van der Waals surface area contributed by atoms with Crippen LogP contribution in [0.1, 0.15) is 25.8 Å². The molecule has 112 valence electrons. The third-order valence-electron chi connectivity index (χ3n) is 3.30. The molecule has 0 aliphatic heterocycles. The Hall–Kier alpha value is -2.50. The molecule has 2 rings (SSSR count). The van der Waals surface area contributed by atoms with E-state index >= 15 is 0 Å². The van der Waals surface area contributed by atoms with Gasteiger partial charge in [-0.2, -0.15) is 0 Å². The van der Waals surface area contributed by atoms with E-state index in [4.69, 9.17) is 4.74 Å². The van der Waals surface area contributed by atoms with Crippen molar-refractivity contribution in [3.63, 3.8) is 0 Å². The highest BCUT2D eigenvalue weighted by atomic mass is 16.5. The van der Waals surface area contributed by atoms with Gasteiger partial charge >= 0.3 is 5.69 Å². The Morgan fingerprint density at radius 2 is 2.10 bits per heavy atom. The van der Waals surface area contributed by atoms with Crippen molar-refractivity contribution >= 4 is 0 Å². The van der Waals surface area contributed by atoms with Crippen LogP contribution in [-0.4, -0.2) is 20.8 Å². The number of hydrogen-bond donors (Lipinski definition) is 2. The van der Waals surface area contributed by atoms with Crippen LogP contribution in [0.4, 0.5) is 0 Å². The first kappa shape index (κ1) is 14.9. The Balaban J connectivity index is 2.53. The fourth-order valence-corrected chi connectivity index (χ4v) is 1.86. The van der Waals surface area contributed by atoms with Crippen LogP contribution in [0.5, 0.6) is 11.6 Å². The largest absolute Gasteiger partial charge is 0.494 e. The molecule has 1 aromatic carbocycles. The van der Waals surface area contributed by atoms with E-state index in [0.717, 1.165) is 11.0 Å². The third kappa shape index (κ3) is 2.99. The fourth-order valence-electron chi connectivity index (χ4n) is 1.86. The number of aromatic nitrogens is 2. The van der Waals surface area contributed by atoms with Gasteiger partial charge < -0.3 is 9.84 Å². The standard InChI is InChI=1S/C15H18N2O4/c1-4-9(2)21-12-7-5-6-11(8-12)17-14(19)10(3)13(18)16-15(17)20/h5-9,19H,4H2,1-3H3,(H,16,18,20). The van der Waals surface area contributed by atoms with Crippen LogP contribution in [0.25, 0.3) is 5.69 Å². The van der Waals surface area contributed by atoms with Crippen LogP contribution in [0, 0.1) is 6.92 Å². The second-order valence-corrected chi connectivity index (χ2v) is 4.88. The van der Waals surface area contributed by atoms with Gasteiger partial charge in [0.15, 0.2) is 0 Å². The van der Waals surface area contributed by atoms with Gasteiger partial charge in [-0.1, -0.05) is 13.0 Å². The minimum atomic E-state index is -0.691. The maximum atomic E-state index is 11.9. The number of ether oxygens (including phenoxy) is 1. The molecule has 0 spiro atoms. The van der Waals surface area contributed by atoms with Crippen molar-refractivity contribution in [3.8, 4) is 17.3 Å². The quantitative estimate of drug-likeness (QED) is 0.898. The molecule has 0 fully saturated rings. The number of nitrogens with one attached hydrogen (secondary N) is 1. The third-order valence-corrected chi connectivity index (χ3v) is 3.30. The number of aromatic amines is 1. The highest BCUT2D eigenvalue weighted by Crippen LogP contribution is 2.21. The lowest BCUT2D eigenvalue weighted by Gasteiger charge is -2.14. The van der Waals surface area contributed by atoms with Crippen LogP contribution in [0.15, 0.2) is 33.9 Å². The van der Waals surface area contributed by atoms with Gasteiger partial charge in [0.2, 0.25) is 5.88 Å². The smallest absolute Gasteiger partial charge is 0.335 e. The molecule has 1 atom stereocenters. The summed E-state index contributed by atoms with van der Waals surface area (Å²) in [6.07, 6.45) is 0.899. The predicted molar refractivity (Wildman–Crippen MR) is 79.4 cm³/mol. The van der Waals surface area contributed by atoms with Crippen molar-refractivity contribution in [3.05, 3.63) is 50.7 Å². The molecule has 2 aromatic rings. The maximum absolute atomic E-state index is 11.9. The second-order valence-electron chi connectivity index (χ2n) is 4.88. The van der Waals surface area contributed by atoms with Crippen molar-refractivity contribution in [1.82, 2.24) is 9.55 Å². The zero-order valence-corrected chi connectivity index (χ0v) is 12.2. The van der Waals surface area contributed by atoms with Gasteiger partial charge in [-0.3, -0.25) is 9.78 Å². The Kier molecular flexibility index (Phi) is 4.16. The number of aromatic hydroxyl groups is 1. The summed E-state index contributed by atoms with van der Waals surface area (Å²) in [6.45, 7) is 5.40. The Bertz CT molecular complexity index is 761. The van der Waals surface area contributed by atoms with E-state index in [9.17, 15) is 14.7 Å². The fraction of sp³-hybridized carbons (Fsp3) is 0.333. The van der Waals surface area contributed by atoms with Crippen molar-refractivity contribution in [1.29, 1.82) is 0 Å². The average Bonchev–Trinajstić information content (AvgIpc) is 2.45. The lowest BCUT2D eigenvalue weighted by molar-refractivity contribution is 0.217. The molecule has 1 heterocycles. The topological polar surface area (TPSA) is 84.3 Å². The van der Waals surface area contributed by atoms with Crippen molar-refractivity contribution in [2.75, 3.05) is 0 Å². The molecule has 1 aromatic heterocycles. The molecule has 0 bridgehead atoms. The van der Waals surface area contributed by atoms with Crippen LogP contribution in [-0.2, 0) is 0 Å². The van der Waals surface area contributed by atoms with Gasteiger partial charge in [0.05, 0.1) is 17.4 Å². The molecule has 6 nitrogen and oxygen atoms in total. The van der Waals surface area contributed by atoms with Crippen molar-refractivity contribution < 1.29 is 9.84 Å². The van der Waals surface area contributed by atoms with Gasteiger partial charge in [0, 0.05) is 6.07 Å². The lowest BCUT2D eigenvalue weighted by Crippen LogP contribution is -2.30. The zero-order valence-electron chi connectivity index (χ0n) is 12.2. The molecular formula is C15H18N2O4. The lowest BCUT2D eigenvalue weighted by atomic mass is 10.2. The van der Waals surface area contributed by atoms with E-state index in [-0.39, 0.29) is 17.5 Å². The molecule has 0 aliphatic rings. The summed E-state index contributed by atoms with van der Waals surface area (Å²) in [5.41, 5.74) is -0.773. The Labute approximate surface area is 121 Å². The van der Waals surface area contributed by atoms with E-state index < -0.39 is 11.2 Å². The van der Waals surface area contributed by atoms with E-state index in [0.29, 0.717) is 11.4 Å². The Morgan fingerprint density at radius 3 is 2.76 bits per heavy atom. The molecule has 21 heavy (non-hydrogen) atoms. The van der Waals surface area contributed by atoms with Crippen LogP contribution < -0.4 is 16.0 Å². The molecule has 2 N–H and O–H groups in total. The molecule has 6 heteroatoms. The Morgan fingerprint density at radius 1 is 1.38 bits per heavy atom. The molecule has 0 aliphatic carbocycles. The zero-order chi connectivity index (χ0) is 15.6. The SMILES string of the molecule is CCC(C)Oc1cccc(-n2c(O)c(C)c(=O)[nH]c2=O)c1. The normalized spacial score (nSPS) is 12.1. The number of benzene rings is 1. The maximum Gasteiger partial charge on any atom is 0.335 e. The minimum absolute atomic E-state index is 0.0443. The summed E-state index contributed by atoms with van der Waals surface area (Å²) in [6, 6.07) is 6.79. The second kappa shape index (κ2) is 5.87.